The number of nitrogens with zero attached hydrogens (tertiary/aromatic N) is 2. The van der Waals surface area contributed by atoms with Crippen LogP contribution in [0, 0.1) is 5.92 Å². The van der Waals surface area contributed by atoms with Crippen molar-refractivity contribution in [3.8, 4) is 0 Å². The van der Waals surface area contributed by atoms with Crippen LogP contribution < -0.4 is 0 Å². The molecular weight excluding hydrogens is 308 g/mol. The third-order valence-corrected chi connectivity index (χ3v) is 5.84. The van der Waals surface area contributed by atoms with Crippen molar-refractivity contribution in [2.75, 3.05) is 0 Å². The Balaban J connectivity index is 1.50. The number of benzene rings is 2. The Morgan fingerprint density at radius 3 is 1.68 bits per heavy atom. The van der Waals surface area contributed by atoms with Crippen molar-refractivity contribution in [3.63, 3.8) is 0 Å². The highest BCUT2D eigenvalue weighted by Gasteiger charge is 2.12. The van der Waals surface area contributed by atoms with E-state index in [1.807, 2.05) is 22.7 Å². The Morgan fingerprint density at radius 2 is 1.23 bits per heavy atom. The lowest BCUT2D eigenvalue weighted by Gasteiger charge is -2.06. The zero-order valence-corrected chi connectivity index (χ0v) is 14.0. The predicted octanol–water partition coefficient (Wildman–Crippen LogP) is 5.33. The summed E-state index contributed by atoms with van der Waals surface area (Å²) in [5.74, 6) is 0.557. The van der Waals surface area contributed by atoms with E-state index in [9.17, 15) is 0 Å². The molecule has 0 aliphatic rings. The molecule has 0 saturated carbocycles. The molecule has 22 heavy (non-hydrogen) atoms. The SMILES string of the molecule is CC(Cc1nc2ccccc2s1)Cc1nc2ccccc2s1. The lowest BCUT2D eigenvalue weighted by atomic mass is 10.1. The fourth-order valence-corrected chi connectivity index (χ4v) is 4.94. The topological polar surface area (TPSA) is 25.8 Å². The number of aromatic nitrogens is 2. The van der Waals surface area contributed by atoms with E-state index in [1.165, 1.54) is 19.4 Å². The molecule has 0 saturated heterocycles. The van der Waals surface area contributed by atoms with Crippen LogP contribution in [0.3, 0.4) is 0 Å². The van der Waals surface area contributed by atoms with Gasteiger partial charge >= 0.3 is 0 Å². The van der Waals surface area contributed by atoms with Crippen LogP contribution in [0.15, 0.2) is 48.5 Å². The van der Waals surface area contributed by atoms with E-state index in [1.54, 1.807) is 0 Å². The second-order valence-electron chi connectivity index (χ2n) is 5.66. The van der Waals surface area contributed by atoms with Gasteiger partial charge in [0.25, 0.3) is 0 Å². The first-order valence-corrected chi connectivity index (χ1v) is 9.10. The van der Waals surface area contributed by atoms with E-state index in [0.717, 1.165) is 23.9 Å². The van der Waals surface area contributed by atoms with Gasteiger partial charge in [0.1, 0.15) is 0 Å². The summed E-state index contributed by atoms with van der Waals surface area (Å²) in [6.45, 7) is 2.29. The number of hydrogen-bond acceptors (Lipinski definition) is 4. The summed E-state index contributed by atoms with van der Waals surface area (Å²) in [6.07, 6.45) is 2.05. The average molecular weight is 324 g/mol. The summed E-state index contributed by atoms with van der Waals surface area (Å²) < 4.78 is 2.56. The maximum atomic E-state index is 4.74. The summed E-state index contributed by atoms with van der Waals surface area (Å²) in [5, 5.41) is 2.46. The third-order valence-electron chi connectivity index (χ3n) is 3.72. The summed E-state index contributed by atoms with van der Waals surface area (Å²) in [5.41, 5.74) is 2.24. The van der Waals surface area contributed by atoms with E-state index in [-0.39, 0.29) is 0 Å². The molecule has 0 atom stereocenters. The molecule has 0 fully saturated rings. The van der Waals surface area contributed by atoms with Gasteiger partial charge in [0, 0.05) is 12.8 Å². The third kappa shape index (κ3) is 2.76. The highest BCUT2D eigenvalue weighted by atomic mass is 32.1. The molecule has 4 heteroatoms. The largest absolute Gasteiger partial charge is 0.241 e. The van der Waals surface area contributed by atoms with Crippen molar-refractivity contribution in [1.82, 2.24) is 9.97 Å². The van der Waals surface area contributed by atoms with Crippen molar-refractivity contribution >= 4 is 43.1 Å². The van der Waals surface area contributed by atoms with E-state index in [2.05, 4.69) is 55.5 Å². The first-order valence-electron chi connectivity index (χ1n) is 7.47. The number of hydrogen-bond donors (Lipinski definition) is 0. The molecule has 4 rings (SSSR count). The van der Waals surface area contributed by atoms with Gasteiger partial charge in [-0.1, -0.05) is 31.2 Å². The Morgan fingerprint density at radius 1 is 0.773 bits per heavy atom. The highest BCUT2D eigenvalue weighted by Crippen LogP contribution is 2.27. The van der Waals surface area contributed by atoms with Gasteiger partial charge in [-0.2, -0.15) is 0 Å². The molecular formula is C18H16N2S2. The zero-order valence-electron chi connectivity index (χ0n) is 12.3. The maximum absolute atomic E-state index is 4.74. The van der Waals surface area contributed by atoms with Crippen LogP contribution >= 0.6 is 22.7 Å². The van der Waals surface area contributed by atoms with Crippen molar-refractivity contribution in [3.05, 3.63) is 58.5 Å². The molecule has 2 aromatic carbocycles. The van der Waals surface area contributed by atoms with Crippen LogP contribution in [0.1, 0.15) is 16.9 Å². The van der Waals surface area contributed by atoms with E-state index in [0.29, 0.717) is 5.92 Å². The van der Waals surface area contributed by atoms with Crippen LogP contribution in [0.5, 0.6) is 0 Å². The molecule has 2 aromatic heterocycles. The fourth-order valence-electron chi connectivity index (χ4n) is 2.68. The summed E-state index contributed by atoms with van der Waals surface area (Å²) in [7, 11) is 0. The molecule has 0 amide bonds. The van der Waals surface area contributed by atoms with Gasteiger partial charge in [0.2, 0.25) is 0 Å². The van der Waals surface area contributed by atoms with E-state index < -0.39 is 0 Å². The van der Waals surface area contributed by atoms with Gasteiger partial charge in [-0.3, -0.25) is 0 Å². The van der Waals surface area contributed by atoms with Crippen LogP contribution in [0.2, 0.25) is 0 Å². The second kappa shape index (κ2) is 5.78. The van der Waals surface area contributed by atoms with Crippen molar-refractivity contribution in [2.45, 2.75) is 19.8 Å². The maximum Gasteiger partial charge on any atom is 0.0941 e. The number of para-hydroxylation sites is 2. The van der Waals surface area contributed by atoms with Gasteiger partial charge in [0.15, 0.2) is 0 Å². The number of rotatable bonds is 4. The normalized spacial score (nSPS) is 11.7. The summed E-state index contributed by atoms with van der Waals surface area (Å²) in [6, 6.07) is 16.7. The first kappa shape index (κ1) is 13.9. The van der Waals surface area contributed by atoms with Crippen molar-refractivity contribution in [1.29, 1.82) is 0 Å². The Kier molecular flexibility index (Phi) is 3.64. The van der Waals surface area contributed by atoms with Gasteiger partial charge in [-0.05, 0) is 30.2 Å². The number of thiazole rings is 2. The monoisotopic (exact) mass is 324 g/mol. The Hall–Kier alpha value is -1.78. The van der Waals surface area contributed by atoms with Crippen LogP contribution in [0.25, 0.3) is 20.4 Å². The molecule has 2 nitrogen and oxygen atoms in total. The smallest absolute Gasteiger partial charge is 0.0941 e. The zero-order chi connectivity index (χ0) is 14.9. The van der Waals surface area contributed by atoms with Crippen molar-refractivity contribution < 1.29 is 0 Å². The van der Waals surface area contributed by atoms with Gasteiger partial charge < -0.3 is 0 Å². The first-order chi connectivity index (χ1) is 10.8. The molecule has 0 bridgehead atoms. The second-order valence-corrected chi connectivity index (χ2v) is 7.89. The lowest BCUT2D eigenvalue weighted by Crippen LogP contribution is -2.03. The molecule has 2 heterocycles. The summed E-state index contributed by atoms with van der Waals surface area (Å²) in [4.78, 5) is 9.48. The lowest BCUT2D eigenvalue weighted by molar-refractivity contribution is 0.575. The van der Waals surface area contributed by atoms with E-state index >= 15 is 0 Å². The molecule has 0 radical (unpaired) electrons. The molecule has 0 aliphatic carbocycles. The minimum absolute atomic E-state index is 0.557. The van der Waals surface area contributed by atoms with Crippen LogP contribution in [-0.4, -0.2) is 9.97 Å². The van der Waals surface area contributed by atoms with Gasteiger partial charge in [-0.25, -0.2) is 9.97 Å². The Labute approximate surface area is 137 Å². The molecule has 0 spiro atoms. The molecule has 110 valence electrons. The van der Waals surface area contributed by atoms with Gasteiger partial charge in [0.05, 0.1) is 30.4 Å². The molecule has 4 aromatic rings. The standard InChI is InChI=1S/C18H16N2S2/c1-12(10-17-19-13-6-2-4-8-15(13)21-17)11-18-20-14-7-3-5-9-16(14)22-18/h2-9,12H,10-11H2,1H3. The Bertz CT molecular complexity index is 781. The van der Waals surface area contributed by atoms with Crippen molar-refractivity contribution in [2.24, 2.45) is 5.92 Å². The molecule has 0 N–H and O–H groups in total. The number of fused-ring (bicyclic) bond motifs is 2. The van der Waals surface area contributed by atoms with E-state index in [4.69, 9.17) is 9.97 Å². The highest BCUT2D eigenvalue weighted by molar-refractivity contribution is 7.18. The van der Waals surface area contributed by atoms with Crippen LogP contribution in [0.4, 0.5) is 0 Å². The quantitative estimate of drug-likeness (QED) is 0.507. The van der Waals surface area contributed by atoms with Gasteiger partial charge in [-0.15, -0.1) is 22.7 Å². The average Bonchev–Trinajstić information content (AvgIpc) is 3.08. The molecule has 0 unspecified atom stereocenters. The summed E-state index contributed by atoms with van der Waals surface area (Å²) >= 11 is 3.63. The predicted molar refractivity (Wildman–Crippen MR) is 95.8 cm³/mol. The van der Waals surface area contributed by atoms with Crippen LogP contribution in [-0.2, 0) is 12.8 Å². The minimum atomic E-state index is 0.557. The molecule has 0 aliphatic heterocycles. The minimum Gasteiger partial charge on any atom is -0.241 e. The fraction of sp³-hybridized carbons (Fsp3) is 0.222.